The number of rotatable bonds is 8. The maximum atomic E-state index is 12.6. The van der Waals surface area contributed by atoms with Crippen LogP contribution in [0.4, 0.5) is 11.4 Å². The summed E-state index contributed by atoms with van der Waals surface area (Å²) in [7, 11) is 0. The Kier molecular flexibility index (Phi) is 7.23. The van der Waals surface area contributed by atoms with Crippen molar-refractivity contribution in [3.63, 3.8) is 0 Å². The van der Waals surface area contributed by atoms with Gasteiger partial charge in [-0.1, -0.05) is 30.0 Å². The average Bonchev–Trinajstić information content (AvgIpc) is 3.31. The van der Waals surface area contributed by atoms with E-state index < -0.39 is 0 Å². The second-order valence-corrected chi connectivity index (χ2v) is 9.48. The molecule has 182 valence electrons. The van der Waals surface area contributed by atoms with Gasteiger partial charge in [0.15, 0.2) is 28.6 Å². The van der Waals surface area contributed by atoms with Crippen LogP contribution < -0.4 is 19.7 Å². The minimum Gasteiger partial charge on any atom is -0.485 e. The zero-order chi connectivity index (χ0) is 24.0. The van der Waals surface area contributed by atoms with Crippen molar-refractivity contribution < 1.29 is 14.3 Å². The van der Waals surface area contributed by atoms with Gasteiger partial charge in [-0.25, -0.2) is 0 Å². The number of benzene rings is 2. The van der Waals surface area contributed by atoms with Crippen molar-refractivity contribution in [3.8, 4) is 11.5 Å². The van der Waals surface area contributed by atoms with Gasteiger partial charge in [-0.05, 0) is 55.7 Å². The zero-order valence-electron chi connectivity index (χ0n) is 19.6. The summed E-state index contributed by atoms with van der Waals surface area (Å²) in [5.41, 5.74) is 2.00. The molecular formula is C26H29N5O3S. The third kappa shape index (κ3) is 5.45. The number of piperidine rings is 1. The van der Waals surface area contributed by atoms with Crippen LogP contribution >= 0.6 is 11.8 Å². The summed E-state index contributed by atoms with van der Waals surface area (Å²) in [5, 5.41) is 12.3. The molecule has 9 heteroatoms. The lowest BCUT2D eigenvalue weighted by Crippen LogP contribution is -2.29. The van der Waals surface area contributed by atoms with Crippen molar-refractivity contribution in [2.45, 2.75) is 37.1 Å². The average molecular weight is 492 g/mol. The number of nitrogens with one attached hydrogen (secondary N) is 1. The highest BCUT2D eigenvalue weighted by Gasteiger charge is 2.28. The minimum absolute atomic E-state index is 0.0957. The van der Waals surface area contributed by atoms with E-state index in [0.29, 0.717) is 35.6 Å². The second kappa shape index (κ2) is 10.9. The van der Waals surface area contributed by atoms with Crippen LogP contribution in [-0.4, -0.2) is 46.1 Å². The number of anilines is 2. The molecule has 0 bridgehead atoms. The molecule has 0 spiro atoms. The van der Waals surface area contributed by atoms with Gasteiger partial charge >= 0.3 is 0 Å². The van der Waals surface area contributed by atoms with E-state index in [2.05, 4.69) is 39.1 Å². The number of para-hydroxylation sites is 2. The molecular weight excluding hydrogens is 462 g/mol. The molecule has 0 radical (unpaired) electrons. The lowest BCUT2D eigenvalue weighted by atomic mass is 10.1. The van der Waals surface area contributed by atoms with Crippen molar-refractivity contribution in [1.29, 1.82) is 0 Å². The lowest BCUT2D eigenvalue weighted by Gasteiger charge is -2.28. The fourth-order valence-corrected chi connectivity index (χ4v) is 5.08. The first-order chi connectivity index (χ1) is 17.2. The number of allylic oxidation sites excluding steroid dienone is 1. The Labute approximate surface area is 209 Å². The summed E-state index contributed by atoms with van der Waals surface area (Å²) < 4.78 is 13.9. The largest absolute Gasteiger partial charge is 0.485 e. The summed E-state index contributed by atoms with van der Waals surface area (Å²) in [5.74, 6) is 2.16. The first-order valence-corrected chi connectivity index (χ1v) is 12.9. The van der Waals surface area contributed by atoms with Crippen LogP contribution in [-0.2, 0) is 11.3 Å². The third-order valence-corrected chi connectivity index (χ3v) is 7.03. The van der Waals surface area contributed by atoms with Gasteiger partial charge in [0.1, 0.15) is 6.61 Å². The highest BCUT2D eigenvalue weighted by molar-refractivity contribution is 7.99. The monoisotopic (exact) mass is 491 g/mol. The summed E-state index contributed by atoms with van der Waals surface area (Å²) >= 11 is 1.34. The number of aromatic nitrogens is 3. The number of carbonyl (C=O) groups is 1. The Balaban J connectivity index is 1.20. The van der Waals surface area contributed by atoms with Crippen molar-refractivity contribution in [2.75, 3.05) is 35.7 Å². The number of thioether (sulfide) groups is 1. The number of hydrogen-bond acceptors (Lipinski definition) is 7. The lowest BCUT2D eigenvalue weighted by molar-refractivity contribution is -0.113. The molecule has 0 aliphatic carbocycles. The topological polar surface area (TPSA) is 81.5 Å². The van der Waals surface area contributed by atoms with Gasteiger partial charge in [0.05, 0.1) is 5.75 Å². The molecule has 1 amide bonds. The molecule has 1 N–H and O–H groups in total. The van der Waals surface area contributed by atoms with Gasteiger partial charge in [0, 0.05) is 31.0 Å². The van der Waals surface area contributed by atoms with Crippen LogP contribution in [0.1, 0.15) is 31.2 Å². The van der Waals surface area contributed by atoms with E-state index in [0.717, 1.165) is 18.8 Å². The summed E-state index contributed by atoms with van der Waals surface area (Å²) in [6.07, 6.45) is 5.17. The predicted molar refractivity (Wildman–Crippen MR) is 137 cm³/mol. The molecule has 0 unspecified atom stereocenters. The second-order valence-electron chi connectivity index (χ2n) is 8.54. The summed E-state index contributed by atoms with van der Waals surface area (Å²) in [6.45, 7) is 6.89. The number of ether oxygens (including phenoxy) is 2. The van der Waals surface area contributed by atoms with Crippen LogP contribution in [0.5, 0.6) is 11.5 Å². The Hall–Kier alpha value is -3.46. The van der Waals surface area contributed by atoms with Gasteiger partial charge in [0.2, 0.25) is 5.91 Å². The molecule has 3 heterocycles. The van der Waals surface area contributed by atoms with Crippen LogP contribution in [0.15, 0.2) is 66.3 Å². The molecule has 1 fully saturated rings. The number of nitrogens with zero attached hydrogens (tertiary/aromatic N) is 4. The van der Waals surface area contributed by atoms with E-state index in [9.17, 15) is 4.79 Å². The van der Waals surface area contributed by atoms with Gasteiger partial charge in [-0.15, -0.1) is 16.8 Å². The summed E-state index contributed by atoms with van der Waals surface area (Å²) in [6, 6.07) is 15.6. The Morgan fingerprint density at radius 1 is 1.09 bits per heavy atom. The highest BCUT2D eigenvalue weighted by Crippen LogP contribution is 2.36. The molecule has 1 saturated heterocycles. The normalized spacial score (nSPS) is 17.1. The minimum atomic E-state index is -0.390. The van der Waals surface area contributed by atoms with E-state index in [1.165, 1.54) is 36.7 Å². The van der Waals surface area contributed by atoms with Crippen LogP contribution in [0, 0.1) is 0 Å². The van der Waals surface area contributed by atoms with Crippen molar-refractivity contribution in [3.05, 3.63) is 67.0 Å². The van der Waals surface area contributed by atoms with Crippen LogP contribution in [0.3, 0.4) is 0 Å². The van der Waals surface area contributed by atoms with Crippen LogP contribution in [0.25, 0.3) is 0 Å². The predicted octanol–water partition coefficient (Wildman–Crippen LogP) is 4.70. The molecule has 8 nitrogen and oxygen atoms in total. The van der Waals surface area contributed by atoms with Gasteiger partial charge in [0.25, 0.3) is 0 Å². The SMILES string of the molecule is C=CCn1c(SCC(=O)Nc2ccc(N3CCCCC3)cc2)nnc1[C@@H]1COc2ccccc2O1. The third-order valence-electron chi connectivity index (χ3n) is 6.06. The number of hydrogen-bond donors (Lipinski definition) is 1. The quantitative estimate of drug-likeness (QED) is 0.361. The van der Waals surface area contributed by atoms with Gasteiger partial charge < -0.3 is 19.7 Å². The fourth-order valence-electron chi connectivity index (χ4n) is 4.33. The smallest absolute Gasteiger partial charge is 0.234 e. The fraction of sp³-hybridized carbons (Fsp3) is 0.346. The van der Waals surface area contributed by atoms with E-state index >= 15 is 0 Å². The van der Waals surface area contributed by atoms with Crippen molar-refractivity contribution in [1.82, 2.24) is 14.8 Å². The van der Waals surface area contributed by atoms with Crippen molar-refractivity contribution >= 4 is 29.0 Å². The molecule has 1 aromatic heterocycles. The van der Waals surface area contributed by atoms with E-state index in [1.54, 1.807) is 6.08 Å². The molecule has 3 aromatic rings. The zero-order valence-corrected chi connectivity index (χ0v) is 20.4. The number of carbonyl (C=O) groups excluding carboxylic acids is 1. The van der Waals surface area contributed by atoms with E-state index in [1.807, 2.05) is 41.0 Å². The van der Waals surface area contributed by atoms with E-state index in [-0.39, 0.29) is 17.8 Å². The number of amides is 1. The van der Waals surface area contributed by atoms with Crippen molar-refractivity contribution in [2.24, 2.45) is 0 Å². The van der Waals surface area contributed by atoms with Gasteiger partial charge in [-0.2, -0.15) is 0 Å². The van der Waals surface area contributed by atoms with E-state index in [4.69, 9.17) is 9.47 Å². The number of fused-ring (bicyclic) bond motifs is 1. The maximum Gasteiger partial charge on any atom is 0.234 e. The Morgan fingerprint density at radius 3 is 2.63 bits per heavy atom. The molecule has 2 aliphatic rings. The Bertz CT molecular complexity index is 1170. The molecule has 0 saturated carbocycles. The molecule has 1 atom stereocenters. The molecule has 2 aromatic carbocycles. The molecule has 5 rings (SSSR count). The highest BCUT2D eigenvalue weighted by atomic mass is 32.2. The Morgan fingerprint density at radius 2 is 1.86 bits per heavy atom. The summed E-state index contributed by atoms with van der Waals surface area (Å²) in [4.78, 5) is 15.0. The van der Waals surface area contributed by atoms with Gasteiger partial charge in [-0.3, -0.25) is 9.36 Å². The standard InChI is InChI=1S/C26H29N5O3S/c1-2-14-31-25(23-17-33-21-8-4-5-9-22(21)34-23)28-29-26(31)35-18-24(32)27-19-10-12-20(13-11-19)30-15-6-3-7-16-30/h2,4-5,8-13,23H,1,3,6-7,14-18H2,(H,27,32)/t23-/m0/s1. The van der Waals surface area contributed by atoms with Crippen LogP contribution in [0.2, 0.25) is 0 Å². The molecule has 2 aliphatic heterocycles. The maximum absolute atomic E-state index is 12.6. The first-order valence-electron chi connectivity index (χ1n) is 11.9. The molecule has 35 heavy (non-hydrogen) atoms. The first kappa shape index (κ1) is 23.3.